The number of anilines is 1. The van der Waals surface area contributed by atoms with Crippen LogP contribution in [0.2, 0.25) is 0 Å². The Hall–Kier alpha value is -1.69. The first-order valence-corrected chi connectivity index (χ1v) is 8.08. The lowest BCUT2D eigenvalue weighted by molar-refractivity contribution is 0.0697. The predicted octanol–water partition coefficient (Wildman–Crippen LogP) is 3.35. The third kappa shape index (κ3) is 6.08. The molecule has 0 aliphatic carbocycles. The van der Waals surface area contributed by atoms with Crippen molar-refractivity contribution in [3.8, 4) is 0 Å². The van der Waals surface area contributed by atoms with Gasteiger partial charge in [-0.2, -0.15) is 11.8 Å². The van der Waals surface area contributed by atoms with Crippen molar-refractivity contribution >= 4 is 29.4 Å². The van der Waals surface area contributed by atoms with E-state index in [1.807, 2.05) is 25.6 Å². The van der Waals surface area contributed by atoms with Gasteiger partial charge in [-0.1, -0.05) is 13.0 Å². The van der Waals surface area contributed by atoms with Crippen LogP contribution in [0.4, 0.5) is 10.5 Å². The summed E-state index contributed by atoms with van der Waals surface area (Å²) in [6, 6.07) is 4.43. The normalized spacial score (nSPS) is 11.8. The molecule has 0 radical (unpaired) electrons. The summed E-state index contributed by atoms with van der Waals surface area (Å²) in [6.07, 6.45) is 0.903. The number of aryl methyl sites for hydroxylation is 1. The van der Waals surface area contributed by atoms with E-state index in [1.165, 1.54) is 12.1 Å². The highest BCUT2D eigenvalue weighted by molar-refractivity contribution is 7.99. The highest BCUT2D eigenvalue weighted by Gasteiger charge is 2.11. The maximum atomic E-state index is 11.9. The molecule has 0 heterocycles. The average molecular weight is 310 g/mol. The summed E-state index contributed by atoms with van der Waals surface area (Å²) in [5, 5.41) is 14.5. The van der Waals surface area contributed by atoms with E-state index in [-0.39, 0.29) is 17.6 Å². The molecule has 1 rings (SSSR count). The summed E-state index contributed by atoms with van der Waals surface area (Å²) in [7, 11) is 0. The van der Waals surface area contributed by atoms with Crippen molar-refractivity contribution in [2.45, 2.75) is 33.2 Å². The molecule has 0 aromatic heterocycles. The van der Waals surface area contributed by atoms with Crippen LogP contribution in [0.5, 0.6) is 0 Å². The van der Waals surface area contributed by atoms with E-state index in [0.717, 1.165) is 23.5 Å². The molecule has 0 saturated heterocycles. The molecule has 116 valence electrons. The molecule has 6 heteroatoms. The van der Waals surface area contributed by atoms with E-state index in [9.17, 15) is 9.59 Å². The Labute approximate surface area is 129 Å². The van der Waals surface area contributed by atoms with E-state index in [0.29, 0.717) is 5.69 Å². The number of hydrogen-bond donors (Lipinski definition) is 3. The van der Waals surface area contributed by atoms with Gasteiger partial charge in [0.15, 0.2) is 0 Å². The molecule has 0 spiro atoms. The number of carboxylic acid groups (broad SMARTS) is 1. The fourth-order valence-electron chi connectivity index (χ4n) is 1.75. The standard InChI is InChI=1S/C15H22N2O3S/c1-4-21-8-7-11(3)16-15(20)17-13-9-12(14(18)19)6-5-10(13)2/h5-6,9,11H,4,7-8H2,1-3H3,(H,18,19)(H2,16,17,20). The van der Waals surface area contributed by atoms with Crippen molar-refractivity contribution < 1.29 is 14.7 Å². The van der Waals surface area contributed by atoms with E-state index in [2.05, 4.69) is 17.6 Å². The van der Waals surface area contributed by atoms with Crippen LogP contribution in [-0.2, 0) is 0 Å². The third-order valence-electron chi connectivity index (χ3n) is 3.01. The number of aromatic carboxylic acids is 1. The minimum Gasteiger partial charge on any atom is -0.478 e. The Morgan fingerprint density at radius 3 is 2.71 bits per heavy atom. The van der Waals surface area contributed by atoms with Gasteiger partial charge < -0.3 is 15.7 Å². The molecular weight excluding hydrogens is 288 g/mol. The molecule has 2 amide bonds. The first-order chi connectivity index (χ1) is 9.93. The Morgan fingerprint density at radius 1 is 1.38 bits per heavy atom. The van der Waals surface area contributed by atoms with Crippen LogP contribution < -0.4 is 10.6 Å². The van der Waals surface area contributed by atoms with Crippen LogP contribution in [0.15, 0.2) is 18.2 Å². The number of rotatable bonds is 7. The summed E-state index contributed by atoms with van der Waals surface area (Å²) >= 11 is 1.84. The summed E-state index contributed by atoms with van der Waals surface area (Å²) in [6.45, 7) is 5.88. The zero-order valence-electron chi connectivity index (χ0n) is 12.6. The number of benzene rings is 1. The van der Waals surface area contributed by atoms with Gasteiger partial charge in [0, 0.05) is 11.7 Å². The molecular formula is C15H22N2O3S. The molecule has 21 heavy (non-hydrogen) atoms. The van der Waals surface area contributed by atoms with Crippen LogP contribution in [0.1, 0.15) is 36.2 Å². The van der Waals surface area contributed by atoms with E-state index in [1.54, 1.807) is 6.07 Å². The molecule has 0 saturated carbocycles. The van der Waals surface area contributed by atoms with Gasteiger partial charge in [-0.05, 0) is 49.5 Å². The number of amides is 2. The number of carbonyl (C=O) groups is 2. The van der Waals surface area contributed by atoms with E-state index < -0.39 is 5.97 Å². The first-order valence-electron chi connectivity index (χ1n) is 6.93. The Bertz CT molecular complexity index is 506. The summed E-state index contributed by atoms with van der Waals surface area (Å²) in [5.41, 5.74) is 1.50. The molecule has 5 nitrogen and oxygen atoms in total. The van der Waals surface area contributed by atoms with Gasteiger partial charge in [-0.15, -0.1) is 0 Å². The number of carbonyl (C=O) groups excluding carboxylic acids is 1. The quantitative estimate of drug-likeness (QED) is 0.675. The lowest BCUT2D eigenvalue weighted by atomic mass is 10.1. The number of hydrogen-bond acceptors (Lipinski definition) is 3. The highest BCUT2D eigenvalue weighted by atomic mass is 32.2. The average Bonchev–Trinajstić information content (AvgIpc) is 2.41. The lowest BCUT2D eigenvalue weighted by Gasteiger charge is -2.15. The van der Waals surface area contributed by atoms with Gasteiger partial charge in [0.05, 0.1) is 5.56 Å². The minimum atomic E-state index is -1.01. The van der Waals surface area contributed by atoms with Crippen molar-refractivity contribution in [2.24, 2.45) is 0 Å². The van der Waals surface area contributed by atoms with Crippen LogP contribution in [0, 0.1) is 6.92 Å². The molecule has 3 N–H and O–H groups in total. The van der Waals surface area contributed by atoms with Gasteiger partial charge in [0.25, 0.3) is 0 Å². The van der Waals surface area contributed by atoms with E-state index in [4.69, 9.17) is 5.11 Å². The maximum Gasteiger partial charge on any atom is 0.335 e. The van der Waals surface area contributed by atoms with Crippen molar-refractivity contribution in [1.82, 2.24) is 5.32 Å². The van der Waals surface area contributed by atoms with Crippen LogP contribution in [-0.4, -0.2) is 34.7 Å². The summed E-state index contributed by atoms with van der Waals surface area (Å²) in [4.78, 5) is 22.9. The van der Waals surface area contributed by atoms with Crippen LogP contribution >= 0.6 is 11.8 Å². The second kappa shape index (κ2) is 8.56. The van der Waals surface area contributed by atoms with Crippen LogP contribution in [0.25, 0.3) is 0 Å². The highest BCUT2D eigenvalue weighted by Crippen LogP contribution is 2.17. The Balaban J connectivity index is 2.58. The van der Waals surface area contributed by atoms with Crippen molar-refractivity contribution in [2.75, 3.05) is 16.8 Å². The summed E-state index contributed by atoms with van der Waals surface area (Å²) in [5.74, 6) is 1.06. The Kier molecular flexibility index (Phi) is 7.08. The molecule has 1 atom stereocenters. The second-order valence-electron chi connectivity index (χ2n) is 4.82. The monoisotopic (exact) mass is 310 g/mol. The van der Waals surface area contributed by atoms with Crippen molar-refractivity contribution in [3.05, 3.63) is 29.3 Å². The van der Waals surface area contributed by atoms with Crippen molar-refractivity contribution in [1.29, 1.82) is 0 Å². The zero-order chi connectivity index (χ0) is 15.8. The fourth-order valence-corrected chi connectivity index (χ4v) is 2.56. The van der Waals surface area contributed by atoms with Gasteiger partial charge >= 0.3 is 12.0 Å². The molecule has 0 bridgehead atoms. The van der Waals surface area contributed by atoms with Crippen LogP contribution in [0.3, 0.4) is 0 Å². The number of thioether (sulfide) groups is 1. The maximum absolute atomic E-state index is 11.9. The smallest absolute Gasteiger partial charge is 0.335 e. The molecule has 1 aromatic carbocycles. The molecule has 0 aliphatic rings. The number of nitrogens with one attached hydrogen (secondary N) is 2. The second-order valence-corrected chi connectivity index (χ2v) is 6.21. The van der Waals surface area contributed by atoms with Gasteiger partial charge in [0.1, 0.15) is 0 Å². The first kappa shape index (κ1) is 17.4. The number of urea groups is 1. The zero-order valence-corrected chi connectivity index (χ0v) is 13.4. The van der Waals surface area contributed by atoms with Gasteiger partial charge in [-0.3, -0.25) is 0 Å². The molecule has 1 unspecified atom stereocenters. The molecule has 0 aliphatic heterocycles. The largest absolute Gasteiger partial charge is 0.478 e. The third-order valence-corrected chi connectivity index (χ3v) is 3.94. The lowest BCUT2D eigenvalue weighted by Crippen LogP contribution is -2.36. The van der Waals surface area contributed by atoms with Gasteiger partial charge in [-0.25, -0.2) is 9.59 Å². The SMILES string of the molecule is CCSCCC(C)NC(=O)Nc1cc(C(=O)O)ccc1C. The molecule has 1 aromatic rings. The van der Waals surface area contributed by atoms with Crippen molar-refractivity contribution in [3.63, 3.8) is 0 Å². The van der Waals surface area contributed by atoms with E-state index >= 15 is 0 Å². The summed E-state index contributed by atoms with van der Waals surface area (Å²) < 4.78 is 0. The number of carboxylic acids is 1. The Morgan fingerprint density at radius 2 is 2.10 bits per heavy atom. The minimum absolute atomic E-state index is 0.0759. The molecule has 0 fully saturated rings. The van der Waals surface area contributed by atoms with Gasteiger partial charge in [0.2, 0.25) is 0 Å². The fraction of sp³-hybridized carbons (Fsp3) is 0.467. The predicted molar refractivity (Wildman–Crippen MR) is 87.4 cm³/mol. The topological polar surface area (TPSA) is 78.4 Å².